The molecule has 0 saturated carbocycles. The summed E-state index contributed by atoms with van der Waals surface area (Å²) in [7, 11) is 2.11. The summed E-state index contributed by atoms with van der Waals surface area (Å²) in [6.45, 7) is 5.57. The molecule has 4 rings (SSSR count). The third-order valence-electron chi connectivity index (χ3n) is 4.98. The zero-order chi connectivity index (χ0) is 21.1. The normalized spacial score (nSPS) is 14.7. The van der Waals surface area contributed by atoms with E-state index in [1.807, 2.05) is 13.0 Å². The van der Waals surface area contributed by atoms with E-state index in [1.165, 1.54) is 0 Å². The molecule has 1 saturated heterocycles. The van der Waals surface area contributed by atoms with Gasteiger partial charge in [0.05, 0.1) is 17.6 Å². The largest absolute Gasteiger partial charge is 0.484 e. The first-order chi connectivity index (χ1) is 14.5. The van der Waals surface area contributed by atoms with E-state index < -0.39 is 0 Å². The summed E-state index contributed by atoms with van der Waals surface area (Å²) < 4.78 is 5.47. The van der Waals surface area contributed by atoms with Crippen molar-refractivity contribution in [3.63, 3.8) is 0 Å². The van der Waals surface area contributed by atoms with Gasteiger partial charge in [-0.25, -0.2) is 9.97 Å². The maximum absolute atomic E-state index is 12.2. The second-order valence-corrected chi connectivity index (χ2v) is 7.72. The average Bonchev–Trinajstić information content (AvgIpc) is 2.74. The van der Waals surface area contributed by atoms with Gasteiger partial charge in [0.2, 0.25) is 5.95 Å². The van der Waals surface area contributed by atoms with Crippen LogP contribution < -0.4 is 15.0 Å². The molecule has 0 aliphatic carbocycles. The average molecular weight is 427 g/mol. The molecule has 3 heterocycles. The quantitative estimate of drug-likeness (QED) is 0.671. The second kappa shape index (κ2) is 8.81. The van der Waals surface area contributed by atoms with Gasteiger partial charge in [-0.2, -0.15) is 4.98 Å². The maximum atomic E-state index is 12.2. The van der Waals surface area contributed by atoms with Crippen molar-refractivity contribution in [3.05, 3.63) is 47.2 Å². The van der Waals surface area contributed by atoms with Gasteiger partial charge in [-0.05, 0) is 44.3 Å². The van der Waals surface area contributed by atoms with Crippen molar-refractivity contribution >= 4 is 40.2 Å². The number of carbonyl (C=O) groups excluding carboxylic acids is 1. The highest BCUT2D eigenvalue weighted by molar-refractivity contribution is 6.30. The fourth-order valence-electron chi connectivity index (χ4n) is 3.24. The van der Waals surface area contributed by atoms with E-state index in [2.05, 4.69) is 37.1 Å². The fourth-order valence-corrected chi connectivity index (χ4v) is 3.36. The van der Waals surface area contributed by atoms with E-state index in [0.717, 1.165) is 37.3 Å². The molecule has 2 aromatic heterocycles. The van der Waals surface area contributed by atoms with E-state index in [-0.39, 0.29) is 12.5 Å². The van der Waals surface area contributed by atoms with Crippen LogP contribution in [0.2, 0.25) is 5.02 Å². The van der Waals surface area contributed by atoms with Crippen molar-refractivity contribution < 1.29 is 9.53 Å². The number of amides is 1. The van der Waals surface area contributed by atoms with Gasteiger partial charge in [-0.15, -0.1) is 0 Å². The first-order valence-electron chi connectivity index (χ1n) is 9.74. The second-order valence-electron chi connectivity index (χ2n) is 7.29. The number of anilines is 2. The Morgan fingerprint density at radius 1 is 1.17 bits per heavy atom. The summed E-state index contributed by atoms with van der Waals surface area (Å²) in [5.74, 6) is 0.999. The molecule has 1 aliphatic heterocycles. The van der Waals surface area contributed by atoms with Crippen molar-refractivity contribution in [2.45, 2.75) is 6.92 Å². The minimum Gasteiger partial charge on any atom is -0.484 e. The number of ether oxygens (including phenoxy) is 1. The molecule has 0 unspecified atom stereocenters. The molecule has 1 fully saturated rings. The third kappa shape index (κ3) is 4.77. The van der Waals surface area contributed by atoms with Crippen LogP contribution in [0.15, 0.2) is 36.5 Å². The zero-order valence-corrected chi connectivity index (χ0v) is 17.7. The number of nitrogens with zero attached hydrogens (tertiary/aromatic N) is 5. The van der Waals surface area contributed by atoms with Gasteiger partial charge in [-0.3, -0.25) is 4.79 Å². The van der Waals surface area contributed by atoms with Crippen molar-refractivity contribution in [1.29, 1.82) is 0 Å². The Labute approximate surface area is 179 Å². The zero-order valence-electron chi connectivity index (χ0n) is 16.9. The highest BCUT2D eigenvalue weighted by atomic mass is 35.5. The molecule has 1 aromatic carbocycles. The van der Waals surface area contributed by atoms with Gasteiger partial charge in [0.15, 0.2) is 12.3 Å². The molecule has 0 spiro atoms. The number of fused-ring (bicyclic) bond motifs is 1. The topological polar surface area (TPSA) is 83.5 Å². The van der Waals surface area contributed by atoms with Gasteiger partial charge in [0, 0.05) is 36.6 Å². The predicted molar refractivity (Wildman–Crippen MR) is 117 cm³/mol. The molecule has 1 aliphatic rings. The van der Waals surface area contributed by atoms with E-state index in [9.17, 15) is 4.79 Å². The van der Waals surface area contributed by atoms with E-state index in [0.29, 0.717) is 28.1 Å². The molecule has 0 atom stereocenters. The van der Waals surface area contributed by atoms with Crippen LogP contribution in [0.5, 0.6) is 5.75 Å². The molecule has 156 valence electrons. The van der Waals surface area contributed by atoms with Crippen LogP contribution in [0.25, 0.3) is 11.0 Å². The predicted octanol–water partition coefficient (Wildman–Crippen LogP) is 2.76. The van der Waals surface area contributed by atoms with Crippen molar-refractivity contribution in [2.75, 3.05) is 50.1 Å². The molecule has 3 aromatic rings. The standard InChI is InChI=1S/C21H23ClN6O2/c1-14-18-11-16(25-19(29)13-30-17-5-3-15(22)4-6-17)12-23-20(18)26-21(24-14)28-9-7-27(2)8-10-28/h3-6,11-12H,7-10,13H2,1-2H3,(H,25,29). The molecule has 0 radical (unpaired) electrons. The summed E-state index contributed by atoms with van der Waals surface area (Å²) in [6, 6.07) is 8.69. The SMILES string of the molecule is Cc1nc(N2CCN(C)CC2)nc2ncc(NC(=O)COc3ccc(Cl)cc3)cc12. The van der Waals surface area contributed by atoms with Crippen molar-refractivity contribution in [1.82, 2.24) is 19.9 Å². The first-order valence-corrected chi connectivity index (χ1v) is 10.1. The van der Waals surface area contributed by atoms with Gasteiger partial charge in [0.1, 0.15) is 5.75 Å². The molecular weight excluding hydrogens is 404 g/mol. The minimum absolute atomic E-state index is 0.114. The van der Waals surface area contributed by atoms with Crippen LogP contribution in [0, 0.1) is 6.92 Å². The molecule has 9 heteroatoms. The lowest BCUT2D eigenvalue weighted by molar-refractivity contribution is -0.118. The van der Waals surface area contributed by atoms with Crippen LogP contribution in [-0.4, -0.2) is 65.6 Å². The summed E-state index contributed by atoms with van der Waals surface area (Å²) in [4.78, 5) is 30.4. The molecule has 1 N–H and O–H groups in total. The number of likely N-dealkylation sites (N-methyl/N-ethyl adjacent to an activating group) is 1. The van der Waals surface area contributed by atoms with Crippen molar-refractivity contribution in [2.24, 2.45) is 0 Å². The molecule has 30 heavy (non-hydrogen) atoms. The Bertz CT molecular complexity index is 1050. The molecule has 8 nitrogen and oxygen atoms in total. The van der Waals surface area contributed by atoms with Gasteiger partial charge in [0.25, 0.3) is 5.91 Å². The number of benzene rings is 1. The number of aryl methyl sites for hydroxylation is 1. The number of halogens is 1. The van der Waals surface area contributed by atoms with E-state index in [4.69, 9.17) is 16.3 Å². The lowest BCUT2D eigenvalue weighted by atomic mass is 10.2. The Kier molecular flexibility index (Phi) is 5.96. The molecular formula is C21H23ClN6O2. The van der Waals surface area contributed by atoms with Gasteiger partial charge < -0.3 is 19.9 Å². The van der Waals surface area contributed by atoms with Crippen molar-refractivity contribution in [3.8, 4) is 5.75 Å². The number of hydrogen-bond acceptors (Lipinski definition) is 7. The Balaban J connectivity index is 1.43. The molecule has 1 amide bonds. The number of piperazine rings is 1. The van der Waals surface area contributed by atoms with Gasteiger partial charge >= 0.3 is 0 Å². The fraction of sp³-hybridized carbons (Fsp3) is 0.333. The van der Waals surface area contributed by atoms with Crippen LogP contribution in [0.1, 0.15) is 5.69 Å². The highest BCUT2D eigenvalue weighted by Crippen LogP contribution is 2.22. The summed E-state index contributed by atoms with van der Waals surface area (Å²) in [6.07, 6.45) is 1.60. The lowest BCUT2D eigenvalue weighted by Crippen LogP contribution is -2.45. The summed E-state index contributed by atoms with van der Waals surface area (Å²) in [5, 5.41) is 4.22. The van der Waals surface area contributed by atoms with E-state index >= 15 is 0 Å². The smallest absolute Gasteiger partial charge is 0.262 e. The third-order valence-corrected chi connectivity index (χ3v) is 5.24. The number of rotatable bonds is 5. The first kappa shape index (κ1) is 20.3. The van der Waals surface area contributed by atoms with Crippen LogP contribution >= 0.6 is 11.6 Å². The Hall–Kier alpha value is -2.97. The Morgan fingerprint density at radius 3 is 2.63 bits per heavy atom. The van der Waals surface area contributed by atoms with E-state index in [1.54, 1.807) is 30.5 Å². The van der Waals surface area contributed by atoms with Crippen LogP contribution in [0.3, 0.4) is 0 Å². The number of pyridine rings is 1. The van der Waals surface area contributed by atoms with Crippen LogP contribution in [0.4, 0.5) is 11.6 Å². The summed E-state index contributed by atoms with van der Waals surface area (Å²) in [5.41, 5.74) is 2.02. The maximum Gasteiger partial charge on any atom is 0.262 e. The summed E-state index contributed by atoms with van der Waals surface area (Å²) >= 11 is 5.85. The molecule has 0 bridgehead atoms. The minimum atomic E-state index is -0.279. The number of carbonyl (C=O) groups is 1. The number of aromatic nitrogens is 3. The van der Waals surface area contributed by atoms with Crippen LogP contribution in [-0.2, 0) is 4.79 Å². The van der Waals surface area contributed by atoms with Gasteiger partial charge in [-0.1, -0.05) is 11.6 Å². The Morgan fingerprint density at radius 2 is 1.90 bits per heavy atom. The monoisotopic (exact) mass is 426 g/mol. The highest BCUT2D eigenvalue weighted by Gasteiger charge is 2.18. The number of hydrogen-bond donors (Lipinski definition) is 1. The lowest BCUT2D eigenvalue weighted by Gasteiger charge is -2.32. The number of nitrogens with one attached hydrogen (secondary N) is 1.